The average Bonchev–Trinajstić information content (AvgIpc) is 3.07. The van der Waals surface area contributed by atoms with Crippen LogP contribution >= 0.6 is 0 Å². The molecule has 1 N–H and O–H groups in total. The maximum Gasteiger partial charge on any atom is 0.172 e. The van der Waals surface area contributed by atoms with Crippen molar-refractivity contribution in [1.82, 2.24) is 24.6 Å². The second-order valence-electron chi connectivity index (χ2n) is 8.29. The van der Waals surface area contributed by atoms with E-state index in [0.29, 0.717) is 12.5 Å². The lowest BCUT2D eigenvalue weighted by Crippen LogP contribution is -2.47. The Morgan fingerprint density at radius 3 is 2.14 bits per heavy atom. The largest absolute Gasteiger partial charge is 0.396 e. The Kier molecular flexibility index (Phi) is 6.30. The van der Waals surface area contributed by atoms with Crippen LogP contribution in [0.4, 0.5) is 11.6 Å². The SMILES string of the molecule is Cc1c(CN2CCN(c3nccnc3N3CCC(CCO)CC3)CC2)cnn1C. The summed E-state index contributed by atoms with van der Waals surface area (Å²) in [4.78, 5) is 16.7. The summed E-state index contributed by atoms with van der Waals surface area (Å²) in [7, 11) is 2.00. The van der Waals surface area contributed by atoms with Crippen LogP contribution in [0.15, 0.2) is 18.6 Å². The van der Waals surface area contributed by atoms with Gasteiger partial charge in [-0.3, -0.25) is 9.58 Å². The highest BCUT2D eigenvalue weighted by Crippen LogP contribution is 2.30. The normalized spacial score (nSPS) is 19.1. The number of piperidine rings is 1. The lowest BCUT2D eigenvalue weighted by molar-refractivity contribution is 0.240. The zero-order valence-electron chi connectivity index (χ0n) is 17.7. The molecule has 2 aliphatic heterocycles. The number of hydrogen-bond donors (Lipinski definition) is 1. The van der Waals surface area contributed by atoms with E-state index in [4.69, 9.17) is 9.97 Å². The molecule has 0 radical (unpaired) electrons. The first-order valence-corrected chi connectivity index (χ1v) is 10.8. The molecular formula is C21H33N7O. The predicted octanol–water partition coefficient (Wildman–Crippen LogP) is 1.44. The molecule has 0 atom stereocenters. The van der Waals surface area contributed by atoms with Gasteiger partial charge < -0.3 is 14.9 Å². The summed E-state index contributed by atoms with van der Waals surface area (Å²) in [6.45, 7) is 9.34. The molecule has 2 saturated heterocycles. The number of aromatic nitrogens is 4. The molecule has 2 aromatic heterocycles. The molecule has 2 aromatic rings. The molecule has 8 heteroatoms. The third kappa shape index (κ3) is 4.53. The van der Waals surface area contributed by atoms with Crippen molar-refractivity contribution in [3.63, 3.8) is 0 Å². The van der Waals surface area contributed by atoms with Gasteiger partial charge in [-0.25, -0.2) is 9.97 Å². The highest BCUT2D eigenvalue weighted by atomic mass is 16.3. The lowest BCUT2D eigenvalue weighted by atomic mass is 9.94. The van der Waals surface area contributed by atoms with Gasteiger partial charge in [0.05, 0.1) is 6.20 Å². The monoisotopic (exact) mass is 399 g/mol. The number of anilines is 2. The third-order valence-electron chi connectivity index (χ3n) is 6.51. The summed E-state index contributed by atoms with van der Waals surface area (Å²) in [5, 5.41) is 13.6. The van der Waals surface area contributed by atoms with Gasteiger partial charge in [0, 0.05) is 83.1 Å². The van der Waals surface area contributed by atoms with E-state index in [0.717, 1.165) is 76.7 Å². The Bertz CT molecular complexity index is 792. The van der Waals surface area contributed by atoms with Crippen LogP contribution in [0.3, 0.4) is 0 Å². The molecule has 29 heavy (non-hydrogen) atoms. The Morgan fingerprint density at radius 2 is 1.59 bits per heavy atom. The molecule has 0 spiro atoms. The molecular weight excluding hydrogens is 366 g/mol. The van der Waals surface area contributed by atoms with E-state index in [2.05, 4.69) is 26.7 Å². The van der Waals surface area contributed by atoms with Crippen molar-refractivity contribution >= 4 is 11.6 Å². The molecule has 4 heterocycles. The first kappa shape index (κ1) is 20.1. The highest BCUT2D eigenvalue weighted by Gasteiger charge is 2.26. The first-order valence-electron chi connectivity index (χ1n) is 10.8. The topological polar surface area (TPSA) is 73.6 Å². The van der Waals surface area contributed by atoms with Crippen LogP contribution in [0.1, 0.15) is 30.5 Å². The summed E-state index contributed by atoms with van der Waals surface area (Å²) >= 11 is 0. The van der Waals surface area contributed by atoms with Gasteiger partial charge in [-0.1, -0.05) is 0 Å². The van der Waals surface area contributed by atoms with Crippen LogP contribution in [0.25, 0.3) is 0 Å². The van der Waals surface area contributed by atoms with Crippen molar-refractivity contribution in [2.75, 3.05) is 55.7 Å². The molecule has 158 valence electrons. The van der Waals surface area contributed by atoms with E-state index in [9.17, 15) is 5.11 Å². The minimum Gasteiger partial charge on any atom is -0.396 e. The molecule has 8 nitrogen and oxygen atoms in total. The highest BCUT2D eigenvalue weighted by molar-refractivity contribution is 5.62. The summed E-state index contributed by atoms with van der Waals surface area (Å²) in [5.74, 6) is 2.67. The zero-order valence-corrected chi connectivity index (χ0v) is 17.7. The Morgan fingerprint density at radius 1 is 0.966 bits per heavy atom. The third-order valence-corrected chi connectivity index (χ3v) is 6.51. The van der Waals surface area contributed by atoms with Crippen LogP contribution in [-0.2, 0) is 13.6 Å². The number of aryl methyl sites for hydroxylation is 1. The summed E-state index contributed by atoms with van der Waals surface area (Å²) in [6, 6.07) is 0. The van der Waals surface area contributed by atoms with Crippen molar-refractivity contribution in [2.45, 2.75) is 32.7 Å². The predicted molar refractivity (Wildman–Crippen MR) is 114 cm³/mol. The van der Waals surface area contributed by atoms with Gasteiger partial charge >= 0.3 is 0 Å². The van der Waals surface area contributed by atoms with Gasteiger partial charge in [0.25, 0.3) is 0 Å². The molecule has 0 bridgehead atoms. The second-order valence-corrected chi connectivity index (χ2v) is 8.29. The fraction of sp³-hybridized carbons (Fsp3) is 0.667. The van der Waals surface area contributed by atoms with Gasteiger partial charge in [0.15, 0.2) is 11.6 Å². The summed E-state index contributed by atoms with van der Waals surface area (Å²) < 4.78 is 1.95. The first-order chi connectivity index (χ1) is 14.2. The van der Waals surface area contributed by atoms with E-state index in [1.807, 2.05) is 24.1 Å². The zero-order chi connectivity index (χ0) is 20.2. The molecule has 0 saturated carbocycles. The fourth-order valence-corrected chi connectivity index (χ4v) is 4.44. The number of nitrogens with zero attached hydrogens (tertiary/aromatic N) is 7. The molecule has 0 aromatic carbocycles. The fourth-order valence-electron chi connectivity index (χ4n) is 4.44. The smallest absolute Gasteiger partial charge is 0.172 e. The van der Waals surface area contributed by atoms with E-state index in [1.54, 1.807) is 6.20 Å². The molecule has 4 rings (SSSR count). The van der Waals surface area contributed by atoms with Crippen LogP contribution in [-0.4, -0.2) is 75.6 Å². The quantitative estimate of drug-likeness (QED) is 0.788. The van der Waals surface area contributed by atoms with Crippen molar-refractivity contribution < 1.29 is 5.11 Å². The number of aliphatic hydroxyl groups is 1. The van der Waals surface area contributed by atoms with Crippen LogP contribution in [0.2, 0.25) is 0 Å². The Balaban J connectivity index is 1.37. The maximum absolute atomic E-state index is 9.20. The number of hydrogen-bond acceptors (Lipinski definition) is 7. The van der Waals surface area contributed by atoms with Crippen LogP contribution in [0.5, 0.6) is 0 Å². The van der Waals surface area contributed by atoms with Gasteiger partial charge in [0.2, 0.25) is 0 Å². The van der Waals surface area contributed by atoms with E-state index < -0.39 is 0 Å². The number of aliphatic hydroxyl groups excluding tert-OH is 1. The molecule has 0 amide bonds. The van der Waals surface area contributed by atoms with Crippen molar-refractivity contribution in [2.24, 2.45) is 13.0 Å². The molecule has 2 aliphatic rings. The van der Waals surface area contributed by atoms with E-state index in [1.165, 1.54) is 11.3 Å². The van der Waals surface area contributed by atoms with Gasteiger partial charge in [0.1, 0.15) is 0 Å². The van der Waals surface area contributed by atoms with E-state index >= 15 is 0 Å². The average molecular weight is 400 g/mol. The summed E-state index contributed by atoms with van der Waals surface area (Å²) in [5.41, 5.74) is 2.56. The molecule has 2 fully saturated rings. The molecule has 0 aliphatic carbocycles. The summed E-state index contributed by atoms with van der Waals surface area (Å²) in [6.07, 6.45) is 8.76. The molecule has 0 unspecified atom stereocenters. The van der Waals surface area contributed by atoms with E-state index in [-0.39, 0.29) is 0 Å². The van der Waals surface area contributed by atoms with Gasteiger partial charge in [-0.05, 0) is 32.1 Å². The maximum atomic E-state index is 9.20. The van der Waals surface area contributed by atoms with Crippen molar-refractivity contribution in [3.05, 3.63) is 29.8 Å². The van der Waals surface area contributed by atoms with Crippen LogP contribution < -0.4 is 9.80 Å². The van der Waals surface area contributed by atoms with Crippen LogP contribution in [0, 0.1) is 12.8 Å². The Hall–Kier alpha value is -2.19. The van der Waals surface area contributed by atoms with Gasteiger partial charge in [-0.2, -0.15) is 5.10 Å². The Labute approximate surface area is 173 Å². The van der Waals surface area contributed by atoms with Gasteiger partial charge in [-0.15, -0.1) is 0 Å². The number of piperazine rings is 1. The van der Waals surface area contributed by atoms with Crippen molar-refractivity contribution in [3.8, 4) is 0 Å². The lowest BCUT2D eigenvalue weighted by Gasteiger charge is -2.38. The minimum absolute atomic E-state index is 0.296. The number of rotatable bonds is 6. The minimum atomic E-state index is 0.296. The standard InChI is InChI=1S/C21H33N7O/c1-17-19(15-24-25(17)2)16-26-10-12-28(13-11-26)21-20(22-6-7-23-21)27-8-3-18(4-9-27)5-14-29/h6-7,15,18,29H,3-5,8-14,16H2,1-2H3. The van der Waals surface area contributed by atoms with Crippen molar-refractivity contribution in [1.29, 1.82) is 0 Å². The second kappa shape index (κ2) is 9.09.